The number of aromatic hydroxyl groups is 1. The highest BCUT2D eigenvalue weighted by atomic mass is 79.9. The third-order valence-corrected chi connectivity index (χ3v) is 4.12. The Morgan fingerprint density at radius 1 is 1.18 bits per heavy atom. The summed E-state index contributed by atoms with van der Waals surface area (Å²) in [6.07, 6.45) is 0. The lowest BCUT2D eigenvalue weighted by Gasteiger charge is -1.99. The standard InChI is InChI=1S/C16H8BrFN2O2/c17-7-1-3-9-11(5-7)20-16(22)13(9)14-15(21)10-4-2-8(18)6-12(10)19-14/h1-6,20,22H. The molecule has 1 aromatic heterocycles. The van der Waals surface area contributed by atoms with Crippen LogP contribution in [0.3, 0.4) is 0 Å². The molecule has 108 valence electrons. The number of carbonyl (C=O) groups is 1. The summed E-state index contributed by atoms with van der Waals surface area (Å²) in [5.41, 5.74) is 1.75. The minimum absolute atomic E-state index is 0.117. The predicted molar refractivity (Wildman–Crippen MR) is 84.6 cm³/mol. The van der Waals surface area contributed by atoms with Crippen molar-refractivity contribution in [3.05, 3.63) is 57.8 Å². The molecule has 0 saturated carbocycles. The second kappa shape index (κ2) is 4.51. The zero-order chi connectivity index (χ0) is 15.4. The van der Waals surface area contributed by atoms with Crippen LogP contribution in [0.4, 0.5) is 10.1 Å². The number of aliphatic imine (C=N–C) groups is 1. The van der Waals surface area contributed by atoms with Gasteiger partial charge in [-0.3, -0.25) is 4.79 Å². The first-order valence-electron chi connectivity index (χ1n) is 6.48. The van der Waals surface area contributed by atoms with Crippen molar-refractivity contribution in [3.8, 4) is 5.88 Å². The van der Waals surface area contributed by atoms with Gasteiger partial charge in [0, 0.05) is 15.9 Å². The van der Waals surface area contributed by atoms with Gasteiger partial charge >= 0.3 is 0 Å². The number of nitrogens with zero attached hydrogens (tertiary/aromatic N) is 1. The monoisotopic (exact) mass is 358 g/mol. The molecule has 0 fully saturated rings. The number of aromatic amines is 1. The minimum Gasteiger partial charge on any atom is -0.494 e. The molecule has 0 bridgehead atoms. The summed E-state index contributed by atoms with van der Waals surface area (Å²) in [7, 11) is 0. The minimum atomic E-state index is -0.455. The van der Waals surface area contributed by atoms with Gasteiger partial charge in [0.15, 0.2) is 5.88 Å². The van der Waals surface area contributed by atoms with Crippen molar-refractivity contribution in [1.29, 1.82) is 0 Å². The fourth-order valence-corrected chi connectivity index (χ4v) is 3.01. The highest BCUT2D eigenvalue weighted by Gasteiger charge is 2.30. The molecule has 0 atom stereocenters. The van der Waals surface area contributed by atoms with E-state index in [0.717, 1.165) is 4.47 Å². The molecule has 6 heteroatoms. The van der Waals surface area contributed by atoms with Crippen LogP contribution in [0, 0.1) is 5.82 Å². The lowest BCUT2D eigenvalue weighted by Crippen LogP contribution is -2.10. The average molecular weight is 359 g/mol. The average Bonchev–Trinajstić information content (AvgIpc) is 2.94. The number of hydrogen-bond donors (Lipinski definition) is 2. The first kappa shape index (κ1) is 13.2. The van der Waals surface area contributed by atoms with Gasteiger partial charge in [-0.05, 0) is 24.3 Å². The number of ketones is 1. The first-order valence-corrected chi connectivity index (χ1v) is 7.27. The predicted octanol–water partition coefficient (Wildman–Crippen LogP) is 4.09. The molecular weight excluding hydrogens is 351 g/mol. The van der Waals surface area contributed by atoms with Gasteiger partial charge in [-0.15, -0.1) is 0 Å². The largest absolute Gasteiger partial charge is 0.494 e. The number of nitrogens with one attached hydrogen (secondary N) is 1. The van der Waals surface area contributed by atoms with E-state index in [2.05, 4.69) is 25.9 Å². The number of rotatable bonds is 1. The normalized spacial score (nSPS) is 13.5. The zero-order valence-corrected chi connectivity index (χ0v) is 12.6. The van der Waals surface area contributed by atoms with E-state index in [-0.39, 0.29) is 23.1 Å². The maximum Gasteiger partial charge on any atom is 0.214 e. The molecule has 4 nitrogen and oxygen atoms in total. The molecule has 3 aromatic rings. The second-order valence-corrected chi connectivity index (χ2v) is 5.91. The molecule has 1 aliphatic rings. The number of carbonyl (C=O) groups excluding carboxylic acids is 1. The smallest absolute Gasteiger partial charge is 0.214 e. The van der Waals surface area contributed by atoms with Crippen LogP contribution < -0.4 is 0 Å². The van der Waals surface area contributed by atoms with Crippen LogP contribution in [-0.2, 0) is 0 Å². The van der Waals surface area contributed by atoms with Gasteiger partial charge < -0.3 is 10.1 Å². The summed E-state index contributed by atoms with van der Waals surface area (Å²) >= 11 is 3.35. The van der Waals surface area contributed by atoms with Gasteiger partial charge in [0.1, 0.15) is 11.5 Å². The molecular formula is C16H8BrFN2O2. The molecule has 2 aromatic carbocycles. The number of halogens is 2. The van der Waals surface area contributed by atoms with Gasteiger partial charge in [-0.1, -0.05) is 22.0 Å². The molecule has 0 amide bonds. The Kier molecular flexibility index (Phi) is 2.71. The molecule has 4 rings (SSSR count). The van der Waals surface area contributed by atoms with Crippen LogP contribution >= 0.6 is 15.9 Å². The summed E-state index contributed by atoms with van der Waals surface area (Å²) in [5.74, 6) is -0.911. The molecule has 0 saturated heterocycles. The van der Waals surface area contributed by atoms with E-state index in [1.54, 1.807) is 12.1 Å². The Morgan fingerprint density at radius 2 is 2.00 bits per heavy atom. The summed E-state index contributed by atoms with van der Waals surface area (Å²) in [5, 5.41) is 10.8. The van der Waals surface area contributed by atoms with Gasteiger partial charge in [-0.25, -0.2) is 9.38 Å². The van der Waals surface area contributed by atoms with E-state index >= 15 is 0 Å². The SMILES string of the molecule is O=C1C(c2c(O)[nH]c3cc(Br)ccc23)=Nc2cc(F)ccc21. The molecule has 0 spiro atoms. The van der Waals surface area contributed by atoms with Gasteiger partial charge in [0.25, 0.3) is 0 Å². The van der Waals surface area contributed by atoms with Crippen LogP contribution in [0.25, 0.3) is 10.9 Å². The van der Waals surface area contributed by atoms with Crippen molar-refractivity contribution in [2.45, 2.75) is 0 Å². The van der Waals surface area contributed by atoms with Crippen molar-refractivity contribution in [1.82, 2.24) is 4.98 Å². The summed E-state index contributed by atoms with van der Waals surface area (Å²) < 4.78 is 14.1. The van der Waals surface area contributed by atoms with E-state index in [4.69, 9.17) is 0 Å². The van der Waals surface area contributed by atoms with E-state index in [1.807, 2.05) is 6.07 Å². The third-order valence-electron chi connectivity index (χ3n) is 3.63. The Bertz CT molecular complexity index is 991. The Labute approximate surface area is 132 Å². The zero-order valence-electron chi connectivity index (χ0n) is 11.0. The number of Topliss-reactive ketones (excluding diaryl/α,β-unsaturated/α-hetero) is 1. The molecule has 2 heterocycles. The van der Waals surface area contributed by atoms with Gasteiger partial charge in [0.05, 0.1) is 22.3 Å². The number of aromatic nitrogens is 1. The van der Waals surface area contributed by atoms with E-state index in [1.165, 1.54) is 18.2 Å². The van der Waals surface area contributed by atoms with Crippen LogP contribution in [0.2, 0.25) is 0 Å². The van der Waals surface area contributed by atoms with Crippen molar-refractivity contribution < 1.29 is 14.3 Å². The lowest BCUT2D eigenvalue weighted by atomic mass is 10.0. The maximum absolute atomic E-state index is 13.3. The highest BCUT2D eigenvalue weighted by molar-refractivity contribution is 9.10. The summed E-state index contributed by atoms with van der Waals surface area (Å²) in [6.45, 7) is 0. The molecule has 1 aliphatic heterocycles. The van der Waals surface area contributed by atoms with Crippen LogP contribution in [-0.4, -0.2) is 21.6 Å². The lowest BCUT2D eigenvalue weighted by molar-refractivity contribution is 0.107. The van der Waals surface area contributed by atoms with E-state index in [9.17, 15) is 14.3 Å². The second-order valence-electron chi connectivity index (χ2n) is 4.99. The maximum atomic E-state index is 13.3. The highest BCUT2D eigenvalue weighted by Crippen LogP contribution is 2.36. The van der Waals surface area contributed by atoms with Crippen molar-refractivity contribution in [2.24, 2.45) is 4.99 Å². The molecule has 22 heavy (non-hydrogen) atoms. The number of benzene rings is 2. The van der Waals surface area contributed by atoms with Crippen molar-refractivity contribution >= 4 is 44.0 Å². The number of fused-ring (bicyclic) bond motifs is 2. The number of hydrogen-bond acceptors (Lipinski definition) is 3. The van der Waals surface area contributed by atoms with Crippen molar-refractivity contribution in [2.75, 3.05) is 0 Å². The first-order chi connectivity index (χ1) is 10.5. The molecule has 0 radical (unpaired) electrons. The fourth-order valence-electron chi connectivity index (χ4n) is 2.65. The topological polar surface area (TPSA) is 65.4 Å². The molecule has 2 N–H and O–H groups in total. The third kappa shape index (κ3) is 1.80. The van der Waals surface area contributed by atoms with Gasteiger partial charge in [0.2, 0.25) is 5.78 Å². The molecule has 0 unspecified atom stereocenters. The summed E-state index contributed by atoms with van der Waals surface area (Å²) in [6, 6.07) is 9.23. The van der Waals surface area contributed by atoms with E-state index in [0.29, 0.717) is 22.0 Å². The summed E-state index contributed by atoms with van der Waals surface area (Å²) in [4.78, 5) is 19.5. The van der Waals surface area contributed by atoms with Crippen molar-refractivity contribution in [3.63, 3.8) is 0 Å². The van der Waals surface area contributed by atoms with Gasteiger partial charge in [-0.2, -0.15) is 0 Å². The van der Waals surface area contributed by atoms with E-state index < -0.39 is 5.82 Å². The van der Waals surface area contributed by atoms with Crippen LogP contribution in [0.15, 0.2) is 45.9 Å². The Morgan fingerprint density at radius 3 is 2.82 bits per heavy atom. The van der Waals surface area contributed by atoms with Crippen LogP contribution in [0.5, 0.6) is 5.88 Å². The van der Waals surface area contributed by atoms with Crippen LogP contribution in [0.1, 0.15) is 15.9 Å². The Balaban J connectivity index is 1.96. The number of H-pyrrole nitrogens is 1. The molecule has 0 aliphatic carbocycles. The quantitative estimate of drug-likeness (QED) is 0.687. The Hall–Kier alpha value is -2.47. The fraction of sp³-hybridized carbons (Fsp3) is 0.